The molecule has 0 radical (unpaired) electrons. The number of anilines is 1. The summed E-state index contributed by atoms with van der Waals surface area (Å²) in [4.78, 5) is 27.4. The Balaban J connectivity index is 2.20. The van der Waals surface area contributed by atoms with Crippen LogP contribution in [0.5, 0.6) is 0 Å². The minimum absolute atomic E-state index is 0.217. The lowest BCUT2D eigenvalue weighted by molar-refractivity contribution is -0.161. The van der Waals surface area contributed by atoms with Crippen molar-refractivity contribution in [2.75, 3.05) is 24.7 Å². The molecular formula is C18H21NO4. The molecule has 1 aromatic carbocycles. The van der Waals surface area contributed by atoms with Gasteiger partial charge in [-0.15, -0.1) is 0 Å². The molecule has 0 saturated heterocycles. The number of esters is 2. The highest BCUT2D eigenvalue weighted by Crippen LogP contribution is 2.45. The minimum atomic E-state index is -1.52. The largest absolute Gasteiger partial charge is 0.464 e. The molecular weight excluding hydrogens is 294 g/mol. The third kappa shape index (κ3) is 2.14. The molecule has 0 bridgehead atoms. The Labute approximate surface area is 135 Å². The maximum atomic E-state index is 12.8. The van der Waals surface area contributed by atoms with Gasteiger partial charge in [-0.05, 0) is 44.4 Å². The van der Waals surface area contributed by atoms with Crippen molar-refractivity contribution >= 4 is 23.2 Å². The van der Waals surface area contributed by atoms with Crippen LogP contribution in [0, 0.1) is 0 Å². The Bertz CT molecular complexity index is 674. The van der Waals surface area contributed by atoms with E-state index in [0.29, 0.717) is 6.54 Å². The SMILES string of the molecule is CCOC(=O)C1(C(=O)OCC)C=C(C)c2cccc3c2N1CC3. The molecule has 5 nitrogen and oxygen atoms in total. The molecule has 0 N–H and O–H groups in total. The van der Waals surface area contributed by atoms with Gasteiger partial charge in [-0.2, -0.15) is 0 Å². The van der Waals surface area contributed by atoms with Crippen molar-refractivity contribution in [1.82, 2.24) is 0 Å². The van der Waals surface area contributed by atoms with Crippen molar-refractivity contribution in [1.29, 1.82) is 0 Å². The molecule has 122 valence electrons. The molecule has 0 aliphatic carbocycles. The van der Waals surface area contributed by atoms with Gasteiger partial charge in [0.05, 0.1) is 13.2 Å². The molecule has 1 aromatic rings. The molecule has 0 amide bonds. The number of benzene rings is 1. The highest BCUT2D eigenvalue weighted by molar-refractivity contribution is 6.14. The van der Waals surface area contributed by atoms with Crippen molar-refractivity contribution in [3.05, 3.63) is 35.4 Å². The van der Waals surface area contributed by atoms with Crippen LogP contribution in [0.3, 0.4) is 0 Å². The van der Waals surface area contributed by atoms with Crippen LogP contribution >= 0.6 is 0 Å². The molecule has 2 aliphatic heterocycles. The molecule has 0 unspecified atom stereocenters. The average Bonchev–Trinajstić information content (AvgIpc) is 2.97. The predicted octanol–water partition coefficient (Wildman–Crippen LogP) is 2.33. The first kappa shape index (κ1) is 15.6. The Morgan fingerprint density at radius 1 is 1.17 bits per heavy atom. The summed E-state index contributed by atoms with van der Waals surface area (Å²) in [5.74, 6) is -1.14. The number of hydrogen-bond donors (Lipinski definition) is 0. The van der Waals surface area contributed by atoms with Gasteiger partial charge in [-0.3, -0.25) is 0 Å². The number of ether oxygens (including phenoxy) is 2. The Kier molecular flexibility index (Phi) is 3.88. The normalized spacial score (nSPS) is 17.3. The third-order valence-corrected chi connectivity index (χ3v) is 4.44. The second-order valence-electron chi connectivity index (χ2n) is 5.75. The number of allylic oxidation sites excluding steroid dienone is 1. The number of carbonyl (C=O) groups excluding carboxylic acids is 2. The fraction of sp³-hybridized carbons (Fsp3) is 0.444. The highest BCUT2D eigenvalue weighted by atomic mass is 16.6. The summed E-state index contributed by atoms with van der Waals surface area (Å²) in [7, 11) is 0. The standard InChI is InChI=1S/C18H21NO4/c1-4-22-16(20)18(17(21)23-5-2)11-12(3)14-8-6-7-13-9-10-19(18)15(13)14/h6-8,11H,4-5,9-10H2,1-3H3. The maximum absolute atomic E-state index is 12.8. The zero-order chi connectivity index (χ0) is 16.6. The number of carbonyl (C=O) groups is 2. The van der Waals surface area contributed by atoms with Crippen LogP contribution in [-0.4, -0.2) is 37.2 Å². The van der Waals surface area contributed by atoms with E-state index in [1.165, 1.54) is 0 Å². The summed E-state index contributed by atoms with van der Waals surface area (Å²) in [6, 6.07) is 6.07. The summed E-state index contributed by atoms with van der Waals surface area (Å²) >= 11 is 0. The van der Waals surface area contributed by atoms with E-state index in [-0.39, 0.29) is 13.2 Å². The smallest absolute Gasteiger partial charge is 0.348 e. The van der Waals surface area contributed by atoms with E-state index >= 15 is 0 Å². The van der Waals surface area contributed by atoms with E-state index in [9.17, 15) is 9.59 Å². The van der Waals surface area contributed by atoms with Crippen LogP contribution in [0.25, 0.3) is 5.57 Å². The minimum Gasteiger partial charge on any atom is -0.464 e. The summed E-state index contributed by atoms with van der Waals surface area (Å²) in [5, 5.41) is 0. The van der Waals surface area contributed by atoms with Gasteiger partial charge in [0.2, 0.25) is 0 Å². The number of rotatable bonds is 4. The monoisotopic (exact) mass is 315 g/mol. The Morgan fingerprint density at radius 3 is 2.43 bits per heavy atom. The van der Waals surface area contributed by atoms with Crippen LogP contribution in [-0.2, 0) is 25.5 Å². The zero-order valence-electron chi connectivity index (χ0n) is 13.7. The lowest BCUT2D eigenvalue weighted by Gasteiger charge is -2.41. The number of para-hydroxylation sites is 1. The summed E-state index contributed by atoms with van der Waals surface area (Å²) in [5.41, 5.74) is 2.53. The fourth-order valence-corrected chi connectivity index (χ4v) is 3.50. The van der Waals surface area contributed by atoms with E-state index in [2.05, 4.69) is 0 Å². The molecule has 0 saturated carbocycles. The number of hydrogen-bond acceptors (Lipinski definition) is 5. The lowest BCUT2D eigenvalue weighted by Crippen LogP contribution is -2.61. The topological polar surface area (TPSA) is 55.8 Å². The van der Waals surface area contributed by atoms with E-state index < -0.39 is 17.5 Å². The van der Waals surface area contributed by atoms with Crippen molar-refractivity contribution in [3.63, 3.8) is 0 Å². The molecule has 0 spiro atoms. The lowest BCUT2D eigenvalue weighted by atomic mass is 9.86. The van der Waals surface area contributed by atoms with Gasteiger partial charge in [0.15, 0.2) is 0 Å². The first-order valence-electron chi connectivity index (χ1n) is 8.00. The van der Waals surface area contributed by atoms with Gasteiger partial charge in [0.1, 0.15) is 0 Å². The van der Waals surface area contributed by atoms with Crippen LogP contribution < -0.4 is 4.90 Å². The van der Waals surface area contributed by atoms with Gasteiger partial charge >= 0.3 is 11.9 Å². The fourth-order valence-electron chi connectivity index (χ4n) is 3.50. The van der Waals surface area contributed by atoms with E-state index in [1.54, 1.807) is 19.9 Å². The van der Waals surface area contributed by atoms with Crippen molar-refractivity contribution < 1.29 is 19.1 Å². The van der Waals surface area contributed by atoms with Gasteiger partial charge in [0, 0.05) is 17.8 Å². The van der Waals surface area contributed by atoms with Gasteiger partial charge in [-0.1, -0.05) is 18.2 Å². The second kappa shape index (κ2) is 5.72. The van der Waals surface area contributed by atoms with E-state index in [1.807, 2.05) is 30.0 Å². The molecule has 3 rings (SSSR count). The zero-order valence-corrected chi connectivity index (χ0v) is 13.7. The van der Waals surface area contributed by atoms with E-state index in [0.717, 1.165) is 28.8 Å². The first-order chi connectivity index (χ1) is 11.1. The van der Waals surface area contributed by atoms with Gasteiger partial charge in [-0.25, -0.2) is 9.59 Å². The Hall–Kier alpha value is -2.30. The summed E-state index contributed by atoms with van der Waals surface area (Å²) in [6.07, 6.45) is 2.49. The van der Waals surface area contributed by atoms with Crippen LogP contribution in [0.4, 0.5) is 5.69 Å². The van der Waals surface area contributed by atoms with Gasteiger partial charge in [0.25, 0.3) is 5.54 Å². The Morgan fingerprint density at radius 2 is 1.83 bits per heavy atom. The van der Waals surface area contributed by atoms with Crippen LogP contribution in [0.15, 0.2) is 24.3 Å². The average molecular weight is 315 g/mol. The van der Waals surface area contributed by atoms with E-state index in [4.69, 9.17) is 9.47 Å². The van der Waals surface area contributed by atoms with Gasteiger partial charge < -0.3 is 14.4 Å². The molecule has 0 fully saturated rings. The van der Waals surface area contributed by atoms with Crippen molar-refractivity contribution in [2.45, 2.75) is 32.7 Å². The first-order valence-corrected chi connectivity index (χ1v) is 8.00. The molecule has 2 aliphatic rings. The molecule has 0 atom stereocenters. The quantitative estimate of drug-likeness (QED) is 0.630. The summed E-state index contributed by atoms with van der Waals surface area (Å²) in [6.45, 7) is 6.41. The summed E-state index contributed by atoms with van der Waals surface area (Å²) < 4.78 is 10.5. The third-order valence-electron chi connectivity index (χ3n) is 4.44. The van der Waals surface area contributed by atoms with Crippen LogP contribution in [0.2, 0.25) is 0 Å². The van der Waals surface area contributed by atoms with Crippen LogP contribution in [0.1, 0.15) is 31.9 Å². The highest BCUT2D eigenvalue weighted by Gasteiger charge is 2.56. The molecule has 5 heteroatoms. The molecule has 23 heavy (non-hydrogen) atoms. The second-order valence-corrected chi connectivity index (χ2v) is 5.75. The number of nitrogens with zero attached hydrogens (tertiary/aromatic N) is 1. The molecule has 2 heterocycles. The van der Waals surface area contributed by atoms with Crippen molar-refractivity contribution in [2.24, 2.45) is 0 Å². The molecule has 0 aromatic heterocycles. The predicted molar refractivity (Wildman–Crippen MR) is 87.1 cm³/mol. The van der Waals surface area contributed by atoms with Crippen molar-refractivity contribution in [3.8, 4) is 0 Å². The maximum Gasteiger partial charge on any atom is 0.348 e.